The summed E-state index contributed by atoms with van der Waals surface area (Å²) in [7, 11) is 0. The highest BCUT2D eigenvalue weighted by Crippen LogP contribution is 2.28. The summed E-state index contributed by atoms with van der Waals surface area (Å²) in [4.78, 5) is 39.4. The molecule has 0 radical (unpaired) electrons. The third kappa shape index (κ3) is 25.4. The molecule has 0 aliphatic carbocycles. The van der Waals surface area contributed by atoms with Crippen LogP contribution in [0.15, 0.2) is 0 Å². The highest BCUT2D eigenvalue weighted by molar-refractivity contribution is 5.78. The number of hydrogen-bond donors (Lipinski definition) is 3. The molecule has 1 aliphatic heterocycles. The largest absolute Gasteiger partial charge is 0.462 e. The number of carbonyl (C=O) groups is 3. The molecule has 318 valence electrons. The number of esters is 2. The predicted molar refractivity (Wildman–Crippen MR) is 219 cm³/mol. The van der Waals surface area contributed by atoms with Gasteiger partial charge in [0.25, 0.3) is 0 Å². The fraction of sp³-hybridized carbons (Fsp3) is 0.933. The molecule has 0 aromatic heterocycles. The number of carbonyl (C=O) groups excluding carboxylic acids is 3. The van der Waals surface area contributed by atoms with Crippen LogP contribution in [0.1, 0.15) is 227 Å². The van der Waals surface area contributed by atoms with Crippen LogP contribution >= 0.6 is 0 Å². The van der Waals surface area contributed by atoms with Gasteiger partial charge in [-0.2, -0.15) is 0 Å². The number of ether oxygens (including phenoxy) is 3. The Morgan fingerprint density at radius 2 is 1.02 bits per heavy atom. The maximum atomic E-state index is 13.5. The SMILES string of the molecule is CCCCCCCCCCCC(=O)O[C@H](CCCCCCCCCCC)CC(=O)N[C@H]1C(O)O[C@H](CO)[C@@H](C)[C@@H]1OC(=O)CCCCCCCCCCC. The summed E-state index contributed by atoms with van der Waals surface area (Å²) < 4.78 is 17.5. The molecule has 0 aromatic rings. The van der Waals surface area contributed by atoms with Gasteiger partial charge in [-0.15, -0.1) is 0 Å². The molecule has 1 fully saturated rings. The van der Waals surface area contributed by atoms with Crippen LogP contribution in [0.3, 0.4) is 0 Å². The zero-order chi connectivity index (χ0) is 39.7. The van der Waals surface area contributed by atoms with E-state index < -0.39 is 42.5 Å². The van der Waals surface area contributed by atoms with Crippen LogP contribution in [0.4, 0.5) is 0 Å². The van der Waals surface area contributed by atoms with E-state index in [-0.39, 0.29) is 31.4 Å². The first-order valence-electron chi connectivity index (χ1n) is 22.9. The fourth-order valence-electron chi connectivity index (χ4n) is 7.58. The van der Waals surface area contributed by atoms with Crippen molar-refractivity contribution in [3.05, 3.63) is 0 Å². The number of amides is 1. The number of aliphatic hydroxyl groups is 2. The van der Waals surface area contributed by atoms with Crippen molar-refractivity contribution in [1.29, 1.82) is 0 Å². The van der Waals surface area contributed by atoms with E-state index in [1.165, 1.54) is 116 Å². The molecule has 9 nitrogen and oxygen atoms in total. The van der Waals surface area contributed by atoms with E-state index >= 15 is 0 Å². The van der Waals surface area contributed by atoms with Gasteiger partial charge in [-0.1, -0.05) is 182 Å². The van der Waals surface area contributed by atoms with E-state index in [1.807, 2.05) is 0 Å². The monoisotopic (exact) mass is 768 g/mol. The molecule has 54 heavy (non-hydrogen) atoms. The molecule has 1 rings (SSSR count). The lowest BCUT2D eigenvalue weighted by atomic mass is 9.89. The van der Waals surface area contributed by atoms with Crippen molar-refractivity contribution in [2.24, 2.45) is 5.92 Å². The Kier molecular flexibility index (Phi) is 32.2. The Morgan fingerprint density at radius 3 is 1.46 bits per heavy atom. The van der Waals surface area contributed by atoms with Gasteiger partial charge in [-0.25, -0.2) is 0 Å². The molecule has 0 saturated carbocycles. The van der Waals surface area contributed by atoms with Gasteiger partial charge in [0, 0.05) is 18.8 Å². The van der Waals surface area contributed by atoms with Crippen molar-refractivity contribution in [1.82, 2.24) is 5.32 Å². The van der Waals surface area contributed by atoms with E-state index in [0.717, 1.165) is 57.8 Å². The summed E-state index contributed by atoms with van der Waals surface area (Å²) in [5.74, 6) is -1.50. The molecule has 1 heterocycles. The molecule has 0 spiro atoms. The van der Waals surface area contributed by atoms with Crippen LogP contribution in [0, 0.1) is 5.92 Å². The minimum Gasteiger partial charge on any atom is -0.462 e. The first kappa shape index (κ1) is 50.3. The lowest BCUT2D eigenvalue weighted by Crippen LogP contribution is -2.62. The average Bonchev–Trinajstić information content (AvgIpc) is 3.15. The van der Waals surface area contributed by atoms with Gasteiger partial charge in [0.05, 0.1) is 19.1 Å². The Balaban J connectivity index is 2.72. The summed E-state index contributed by atoms with van der Waals surface area (Å²) in [6, 6.07) is -1.01. The molecular weight excluding hydrogens is 682 g/mol. The summed E-state index contributed by atoms with van der Waals surface area (Å²) in [6.45, 7) is 8.12. The Labute approximate surface area is 331 Å². The van der Waals surface area contributed by atoms with Crippen LogP contribution in [0.2, 0.25) is 0 Å². The fourth-order valence-corrected chi connectivity index (χ4v) is 7.58. The Bertz CT molecular complexity index is 916. The molecule has 1 amide bonds. The lowest BCUT2D eigenvalue weighted by Gasteiger charge is -2.43. The van der Waals surface area contributed by atoms with Crippen molar-refractivity contribution >= 4 is 17.8 Å². The standard InChI is InChI=1S/C45H85NO8/c1-5-8-11-14-17-20-23-26-29-32-38(52-41(49)33-30-27-24-21-18-15-12-9-6-2)35-40(48)46-43-44(37(4)39(36-47)53-45(43)51)54-42(50)34-31-28-25-22-19-16-13-10-7-3/h37-39,43-45,47,51H,5-36H2,1-4H3,(H,46,48)/t37-,38-,39-,43-,44+,45?/m1/s1. The normalized spacial score (nSPS) is 20.4. The predicted octanol–water partition coefficient (Wildman–Crippen LogP) is 10.8. The van der Waals surface area contributed by atoms with Crippen molar-refractivity contribution in [2.75, 3.05) is 6.61 Å². The summed E-state index contributed by atoms with van der Waals surface area (Å²) in [6.07, 6.45) is 28.8. The molecule has 1 saturated heterocycles. The van der Waals surface area contributed by atoms with Gasteiger partial charge < -0.3 is 29.7 Å². The third-order valence-electron chi connectivity index (χ3n) is 11.2. The summed E-state index contributed by atoms with van der Waals surface area (Å²) >= 11 is 0. The quantitative estimate of drug-likeness (QED) is 0.0424. The van der Waals surface area contributed by atoms with E-state index in [1.54, 1.807) is 6.92 Å². The van der Waals surface area contributed by atoms with Crippen molar-refractivity contribution in [3.8, 4) is 0 Å². The highest BCUT2D eigenvalue weighted by atomic mass is 16.6. The van der Waals surface area contributed by atoms with Crippen LogP contribution in [0.25, 0.3) is 0 Å². The van der Waals surface area contributed by atoms with Crippen molar-refractivity contribution in [2.45, 2.75) is 257 Å². The molecule has 0 bridgehead atoms. The summed E-state index contributed by atoms with van der Waals surface area (Å²) in [5, 5.41) is 23.7. The first-order chi connectivity index (χ1) is 26.3. The number of unbranched alkanes of at least 4 members (excludes halogenated alkanes) is 24. The van der Waals surface area contributed by atoms with Gasteiger partial charge in [0.15, 0.2) is 6.29 Å². The molecule has 1 unspecified atom stereocenters. The minimum absolute atomic E-state index is 0.0410. The van der Waals surface area contributed by atoms with Gasteiger partial charge in [-0.3, -0.25) is 14.4 Å². The van der Waals surface area contributed by atoms with Crippen LogP contribution in [0.5, 0.6) is 0 Å². The molecule has 0 aromatic carbocycles. The second kappa shape index (κ2) is 34.5. The topological polar surface area (TPSA) is 131 Å². The number of aliphatic hydroxyl groups excluding tert-OH is 2. The average molecular weight is 768 g/mol. The molecule has 1 aliphatic rings. The zero-order valence-electron chi connectivity index (χ0n) is 35.4. The Hall–Kier alpha value is -1.71. The third-order valence-corrected chi connectivity index (χ3v) is 11.2. The zero-order valence-corrected chi connectivity index (χ0v) is 35.4. The van der Waals surface area contributed by atoms with E-state index in [9.17, 15) is 24.6 Å². The van der Waals surface area contributed by atoms with E-state index in [4.69, 9.17) is 14.2 Å². The van der Waals surface area contributed by atoms with Crippen LogP contribution < -0.4 is 5.32 Å². The first-order valence-corrected chi connectivity index (χ1v) is 22.9. The maximum Gasteiger partial charge on any atom is 0.306 e. The molecular formula is C45H85NO8. The molecule has 3 N–H and O–H groups in total. The molecule has 6 atom stereocenters. The highest BCUT2D eigenvalue weighted by Gasteiger charge is 2.46. The number of rotatable bonds is 36. The lowest BCUT2D eigenvalue weighted by molar-refractivity contribution is -0.241. The molecule has 9 heteroatoms. The van der Waals surface area contributed by atoms with Crippen molar-refractivity contribution < 1.29 is 38.8 Å². The van der Waals surface area contributed by atoms with Gasteiger partial charge in [0.2, 0.25) is 5.91 Å². The second-order valence-electron chi connectivity index (χ2n) is 16.2. The minimum atomic E-state index is -1.46. The second-order valence-corrected chi connectivity index (χ2v) is 16.2. The van der Waals surface area contributed by atoms with Crippen LogP contribution in [-0.4, -0.2) is 65.3 Å². The van der Waals surface area contributed by atoms with E-state index in [2.05, 4.69) is 26.1 Å². The summed E-state index contributed by atoms with van der Waals surface area (Å²) in [5.41, 5.74) is 0. The smallest absolute Gasteiger partial charge is 0.306 e. The van der Waals surface area contributed by atoms with Gasteiger partial charge >= 0.3 is 11.9 Å². The van der Waals surface area contributed by atoms with Gasteiger partial charge in [0.1, 0.15) is 18.2 Å². The van der Waals surface area contributed by atoms with Crippen molar-refractivity contribution in [3.63, 3.8) is 0 Å². The Morgan fingerprint density at radius 1 is 0.611 bits per heavy atom. The number of nitrogens with one attached hydrogen (secondary N) is 1. The van der Waals surface area contributed by atoms with Gasteiger partial charge in [-0.05, 0) is 25.7 Å². The number of hydrogen-bond acceptors (Lipinski definition) is 8. The maximum absolute atomic E-state index is 13.5. The van der Waals surface area contributed by atoms with E-state index in [0.29, 0.717) is 12.8 Å². The van der Waals surface area contributed by atoms with Crippen LogP contribution in [-0.2, 0) is 28.6 Å².